The zero-order chi connectivity index (χ0) is 48.2. The lowest BCUT2D eigenvalue weighted by molar-refractivity contribution is -0.167. The maximum absolute atomic E-state index is 12.9. The van der Waals surface area contributed by atoms with Gasteiger partial charge in [-0.2, -0.15) is 0 Å². The van der Waals surface area contributed by atoms with E-state index >= 15 is 0 Å². The molecule has 0 spiro atoms. The van der Waals surface area contributed by atoms with E-state index in [2.05, 4.69) is 34.6 Å². The number of rotatable bonds is 54. The first-order chi connectivity index (χ1) is 32.3. The molecule has 0 aliphatic rings. The second kappa shape index (κ2) is 52.8. The van der Waals surface area contributed by atoms with Crippen molar-refractivity contribution in [3.05, 3.63) is 0 Å². The summed E-state index contributed by atoms with van der Waals surface area (Å²) in [6, 6.07) is 0. The lowest BCUT2D eigenvalue weighted by Crippen LogP contribution is -2.30. The number of hydrogen-bond acceptors (Lipinski definition) is 6. The summed E-state index contributed by atoms with van der Waals surface area (Å²) in [5.74, 6) is 0.885. The van der Waals surface area contributed by atoms with Gasteiger partial charge in [0.1, 0.15) is 13.2 Å². The Morgan fingerprint density at radius 3 is 0.864 bits per heavy atom. The van der Waals surface area contributed by atoms with Crippen molar-refractivity contribution in [2.24, 2.45) is 11.8 Å². The molecular weight excluding hydrogens is 817 g/mol. The van der Waals surface area contributed by atoms with E-state index in [1.165, 1.54) is 225 Å². The minimum Gasteiger partial charge on any atom is -0.462 e. The van der Waals surface area contributed by atoms with Crippen LogP contribution < -0.4 is 0 Å². The molecule has 0 aliphatic heterocycles. The smallest absolute Gasteiger partial charge is 0.306 e. The highest BCUT2D eigenvalue weighted by Crippen LogP contribution is 2.19. The molecule has 0 aliphatic carbocycles. The normalized spacial score (nSPS) is 12.5. The Kier molecular flexibility index (Phi) is 51.5. The van der Waals surface area contributed by atoms with Gasteiger partial charge in [0.15, 0.2) is 6.10 Å². The zero-order valence-corrected chi connectivity index (χ0v) is 45.3. The fourth-order valence-corrected chi connectivity index (χ4v) is 9.20. The summed E-state index contributed by atoms with van der Waals surface area (Å²) in [5.41, 5.74) is 0. The van der Waals surface area contributed by atoms with Gasteiger partial charge in [-0.25, -0.2) is 0 Å². The molecule has 66 heavy (non-hydrogen) atoms. The average Bonchev–Trinajstić information content (AvgIpc) is 3.30. The second-order valence-corrected chi connectivity index (χ2v) is 21.4. The highest BCUT2D eigenvalue weighted by Gasteiger charge is 2.19. The molecule has 1 unspecified atom stereocenters. The number of carbonyl (C=O) groups is 3. The van der Waals surface area contributed by atoms with Gasteiger partial charge in [-0.1, -0.05) is 298 Å². The third kappa shape index (κ3) is 51.8. The summed E-state index contributed by atoms with van der Waals surface area (Å²) in [6.45, 7) is 11.5. The van der Waals surface area contributed by atoms with Crippen molar-refractivity contribution in [2.45, 2.75) is 343 Å². The van der Waals surface area contributed by atoms with E-state index < -0.39 is 6.10 Å². The van der Waals surface area contributed by atoms with Crippen LogP contribution in [0.2, 0.25) is 0 Å². The molecule has 0 bridgehead atoms. The Labute approximate surface area is 412 Å². The van der Waals surface area contributed by atoms with E-state index in [1.807, 2.05) is 0 Å². The Morgan fingerprint density at radius 1 is 0.318 bits per heavy atom. The fourth-order valence-electron chi connectivity index (χ4n) is 9.20. The first-order valence-electron chi connectivity index (χ1n) is 29.8. The average molecular weight is 934 g/mol. The van der Waals surface area contributed by atoms with Crippen LogP contribution in [-0.2, 0) is 28.6 Å². The van der Waals surface area contributed by atoms with Crippen molar-refractivity contribution < 1.29 is 28.6 Å². The van der Waals surface area contributed by atoms with Crippen molar-refractivity contribution in [3.8, 4) is 0 Å². The lowest BCUT2D eigenvalue weighted by Gasteiger charge is -2.18. The van der Waals surface area contributed by atoms with Crippen LogP contribution in [0.1, 0.15) is 336 Å². The fraction of sp³-hybridized carbons (Fsp3) is 0.950. The summed E-state index contributed by atoms with van der Waals surface area (Å²) in [6.07, 6.45) is 56.6. The van der Waals surface area contributed by atoms with Gasteiger partial charge in [0.25, 0.3) is 0 Å². The molecule has 0 rings (SSSR count). The van der Waals surface area contributed by atoms with Crippen LogP contribution in [0.5, 0.6) is 0 Å². The molecule has 392 valence electrons. The molecule has 6 nitrogen and oxygen atoms in total. The van der Waals surface area contributed by atoms with Gasteiger partial charge in [-0.05, 0) is 31.1 Å². The van der Waals surface area contributed by atoms with E-state index in [9.17, 15) is 14.4 Å². The van der Waals surface area contributed by atoms with Gasteiger partial charge in [0.05, 0.1) is 0 Å². The minimum atomic E-state index is -0.763. The van der Waals surface area contributed by atoms with Crippen molar-refractivity contribution >= 4 is 17.9 Å². The summed E-state index contributed by atoms with van der Waals surface area (Å²) in [7, 11) is 0. The Balaban J connectivity index is 4.28. The maximum Gasteiger partial charge on any atom is 0.306 e. The second-order valence-electron chi connectivity index (χ2n) is 21.4. The maximum atomic E-state index is 12.9. The predicted molar refractivity (Wildman–Crippen MR) is 284 cm³/mol. The molecule has 0 fully saturated rings. The van der Waals surface area contributed by atoms with Gasteiger partial charge in [-0.3, -0.25) is 14.4 Å². The third-order valence-corrected chi connectivity index (χ3v) is 14.1. The summed E-state index contributed by atoms with van der Waals surface area (Å²) >= 11 is 0. The number of esters is 3. The van der Waals surface area contributed by atoms with Crippen molar-refractivity contribution in [3.63, 3.8) is 0 Å². The predicted octanol–water partition coefficient (Wildman–Crippen LogP) is 19.7. The van der Waals surface area contributed by atoms with E-state index in [1.54, 1.807) is 0 Å². The summed E-state index contributed by atoms with van der Waals surface area (Å²) < 4.78 is 16.9. The number of ether oxygens (including phenoxy) is 3. The molecule has 0 saturated carbocycles. The van der Waals surface area contributed by atoms with Crippen molar-refractivity contribution in [1.29, 1.82) is 0 Å². The molecule has 6 heteroatoms. The molecule has 2 atom stereocenters. The summed E-state index contributed by atoms with van der Waals surface area (Å²) in [5, 5.41) is 0. The van der Waals surface area contributed by atoms with Gasteiger partial charge in [-0.15, -0.1) is 0 Å². The monoisotopic (exact) mass is 933 g/mol. The molecule has 0 aromatic carbocycles. The Morgan fingerprint density at radius 2 is 0.576 bits per heavy atom. The Bertz CT molecular complexity index is 1010. The molecule has 0 aromatic rings. The first kappa shape index (κ1) is 64.4. The SMILES string of the molecule is CCCCCCCCCCCCCCCCCC(=O)O[C@H](COC(=O)CCCCCCCCCCCCCCCCCCC(C)C)COC(=O)CCCCCCCCCCCCC(C)CC. The first-order valence-corrected chi connectivity index (χ1v) is 29.8. The molecule has 0 aromatic heterocycles. The quantitative estimate of drug-likeness (QED) is 0.0343. The van der Waals surface area contributed by atoms with E-state index in [4.69, 9.17) is 14.2 Å². The largest absolute Gasteiger partial charge is 0.462 e. The minimum absolute atomic E-state index is 0.0625. The number of carbonyl (C=O) groups excluding carboxylic acids is 3. The van der Waals surface area contributed by atoms with Gasteiger partial charge >= 0.3 is 17.9 Å². The number of unbranched alkanes of at least 4 members (excludes halogenated alkanes) is 38. The highest BCUT2D eigenvalue weighted by atomic mass is 16.6. The highest BCUT2D eigenvalue weighted by molar-refractivity contribution is 5.71. The van der Waals surface area contributed by atoms with Crippen LogP contribution >= 0.6 is 0 Å². The van der Waals surface area contributed by atoms with Crippen LogP contribution in [0.4, 0.5) is 0 Å². The van der Waals surface area contributed by atoms with Crippen LogP contribution in [0, 0.1) is 11.8 Å². The number of hydrogen-bond donors (Lipinski definition) is 0. The van der Waals surface area contributed by atoms with Crippen molar-refractivity contribution in [2.75, 3.05) is 13.2 Å². The summed E-state index contributed by atoms with van der Waals surface area (Å²) in [4.78, 5) is 38.2. The van der Waals surface area contributed by atoms with E-state index in [-0.39, 0.29) is 31.1 Å². The van der Waals surface area contributed by atoms with E-state index in [0.29, 0.717) is 19.3 Å². The lowest BCUT2D eigenvalue weighted by atomic mass is 9.99. The molecule has 0 amide bonds. The Hall–Kier alpha value is -1.59. The van der Waals surface area contributed by atoms with Gasteiger partial charge in [0, 0.05) is 19.3 Å². The van der Waals surface area contributed by atoms with Crippen molar-refractivity contribution in [1.82, 2.24) is 0 Å². The standard InChI is InChI=1S/C60H116O6/c1-6-8-9-10-11-12-13-14-17-22-25-32-37-42-47-52-60(63)66-57(54-65-59(62)51-46-41-36-31-27-26-29-34-39-44-49-56(5)7-2)53-64-58(61)50-45-40-35-30-24-21-19-16-15-18-20-23-28-33-38-43-48-55(3)4/h55-57H,6-54H2,1-5H3/t56?,57-/m1/s1. The molecular formula is C60H116O6. The van der Waals surface area contributed by atoms with Crippen LogP contribution in [0.3, 0.4) is 0 Å². The molecule has 0 saturated heterocycles. The van der Waals surface area contributed by atoms with Crippen LogP contribution in [-0.4, -0.2) is 37.2 Å². The molecule has 0 heterocycles. The van der Waals surface area contributed by atoms with Gasteiger partial charge in [0.2, 0.25) is 0 Å². The molecule has 0 radical (unpaired) electrons. The topological polar surface area (TPSA) is 78.9 Å². The van der Waals surface area contributed by atoms with Crippen LogP contribution in [0.25, 0.3) is 0 Å². The third-order valence-electron chi connectivity index (χ3n) is 14.1. The van der Waals surface area contributed by atoms with E-state index in [0.717, 1.165) is 69.6 Å². The van der Waals surface area contributed by atoms with Gasteiger partial charge < -0.3 is 14.2 Å². The molecule has 0 N–H and O–H groups in total. The van der Waals surface area contributed by atoms with Crippen LogP contribution in [0.15, 0.2) is 0 Å². The zero-order valence-electron chi connectivity index (χ0n) is 45.3.